The van der Waals surface area contributed by atoms with Crippen LogP contribution in [0, 0.1) is 0 Å². The summed E-state index contributed by atoms with van der Waals surface area (Å²) in [5, 5.41) is 18.1. The molecule has 1 aromatic heterocycles. The fourth-order valence-corrected chi connectivity index (χ4v) is 1.31. The third-order valence-corrected chi connectivity index (χ3v) is 1.94. The lowest BCUT2D eigenvalue weighted by molar-refractivity contribution is 0.0681. The molecular weight excluding hydrogens is 196 g/mol. The molecule has 5 nitrogen and oxygen atoms in total. The molecule has 2 N–H and O–H groups in total. The van der Waals surface area contributed by atoms with Crippen LogP contribution in [-0.4, -0.2) is 25.7 Å². The van der Waals surface area contributed by atoms with E-state index >= 15 is 0 Å². The number of aromatic nitrogens is 2. The van der Waals surface area contributed by atoms with Crippen molar-refractivity contribution in [2.24, 2.45) is 0 Å². The highest BCUT2D eigenvalue weighted by Gasteiger charge is 2.11. The predicted octanol–water partition coefficient (Wildman–Crippen LogP) is 1.28. The lowest BCUT2D eigenvalue weighted by Gasteiger charge is -2.04. The van der Waals surface area contributed by atoms with Crippen LogP contribution in [0.5, 0.6) is 5.75 Å². The number of hydrogen-bond donors (Lipinski definition) is 2. The average Bonchev–Trinajstić information content (AvgIpc) is 2.65. The highest BCUT2D eigenvalue weighted by molar-refractivity contribution is 5.84. The molecule has 0 fully saturated rings. The van der Waals surface area contributed by atoms with Crippen molar-refractivity contribution in [3.63, 3.8) is 0 Å². The maximum atomic E-state index is 10.8. The summed E-state index contributed by atoms with van der Waals surface area (Å²) in [6.45, 7) is 0. The molecule has 2 aromatic rings. The summed E-state index contributed by atoms with van der Waals surface area (Å²) < 4.78 is 1.39. The zero-order chi connectivity index (χ0) is 10.8. The van der Waals surface area contributed by atoms with Crippen molar-refractivity contribution >= 4 is 5.97 Å². The standard InChI is InChI=1S/C10H8N2O3/c13-8-3-1-2-7(6-8)12-5-4-11-9(12)10(14)15/h1-6,13H,(H,14,15). The van der Waals surface area contributed by atoms with Gasteiger partial charge in [0.2, 0.25) is 5.82 Å². The molecular formula is C10H8N2O3. The molecule has 0 aliphatic carbocycles. The summed E-state index contributed by atoms with van der Waals surface area (Å²) in [6.07, 6.45) is 2.92. The lowest BCUT2D eigenvalue weighted by atomic mass is 10.3. The molecule has 0 atom stereocenters. The lowest BCUT2D eigenvalue weighted by Crippen LogP contribution is -2.07. The molecule has 1 aromatic carbocycles. The molecule has 0 bridgehead atoms. The number of carboxylic acids is 1. The first-order valence-corrected chi connectivity index (χ1v) is 4.24. The van der Waals surface area contributed by atoms with Gasteiger partial charge < -0.3 is 10.2 Å². The number of phenolic OH excluding ortho intramolecular Hbond substituents is 1. The van der Waals surface area contributed by atoms with Crippen LogP contribution in [-0.2, 0) is 0 Å². The highest BCUT2D eigenvalue weighted by atomic mass is 16.4. The van der Waals surface area contributed by atoms with Crippen molar-refractivity contribution < 1.29 is 15.0 Å². The number of aromatic hydroxyl groups is 1. The number of rotatable bonds is 2. The molecule has 5 heteroatoms. The number of hydrogen-bond acceptors (Lipinski definition) is 3. The number of imidazole rings is 1. The molecule has 0 aliphatic rings. The Bertz CT molecular complexity index is 505. The van der Waals surface area contributed by atoms with E-state index in [0.717, 1.165) is 0 Å². The number of nitrogens with zero attached hydrogens (tertiary/aromatic N) is 2. The molecule has 0 aliphatic heterocycles. The zero-order valence-electron chi connectivity index (χ0n) is 7.66. The molecule has 0 spiro atoms. The molecule has 2 rings (SSSR count). The van der Waals surface area contributed by atoms with Gasteiger partial charge >= 0.3 is 5.97 Å². The van der Waals surface area contributed by atoms with Gasteiger partial charge in [-0.15, -0.1) is 0 Å². The highest BCUT2D eigenvalue weighted by Crippen LogP contribution is 2.16. The molecule has 0 unspecified atom stereocenters. The van der Waals surface area contributed by atoms with E-state index in [1.165, 1.54) is 29.1 Å². The molecule has 0 saturated heterocycles. The maximum Gasteiger partial charge on any atom is 0.372 e. The van der Waals surface area contributed by atoms with E-state index in [4.69, 9.17) is 5.11 Å². The third kappa shape index (κ3) is 1.67. The SMILES string of the molecule is O=C(O)c1nccn1-c1cccc(O)c1. The fourth-order valence-electron chi connectivity index (χ4n) is 1.31. The quantitative estimate of drug-likeness (QED) is 0.772. The molecule has 0 saturated carbocycles. The smallest absolute Gasteiger partial charge is 0.372 e. The van der Waals surface area contributed by atoms with E-state index in [9.17, 15) is 9.90 Å². The number of phenols is 1. The van der Waals surface area contributed by atoms with E-state index in [-0.39, 0.29) is 11.6 Å². The summed E-state index contributed by atoms with van der Waals surface area (Å²) >= 11 is 0. The van der Waals surface area contributed by atoms with Gasteiger partial charge in [0.1, 0.15) is 5.75 Å². The topological polar surface area (TPSA) is 75.3 Å². The Balaban J connectivity index is 2.54. The number of aromatic carboxylic acids is 1. The molecule has 0 amide bonds. The third-order valence-electron chi connectivity index (χ3n) is 1.94. The van der Waals surface area contributed by atoms with Crippen molar-refractivity contribution in [2.75, 3.05) is 0 Å². The number of benzene rings is 1. The van der Waals surface area contributed by atoms with Crippen molar-refractivity contribution in [1.82, 2.24) is 9.55 Å². The average molecular weight is 204 g/mol. The van der Waals surface area contributed by atoms with Gasteiger partial charge in [0.05, 0.1) is 5.69 Å². The summed E-state index contributed by atoms with van der Waals surface area (Å²) in [5.74, 6) is -1.11. The van der Waals surface area contributed by atoms with Gasteiger partial charge in [0, 0.05) is 18.5 Å². The van der Waals surface area contributed by atoms with Crippen molar-refractivity contribution in [2.45, 2.75) is 0 Å². The first-order valence-electron chi connectivity index (χ1n) is 4.24. The second-order valence-electron chi connectivity index (χ2n) is 2.95. The summed E-state index contributed by atoms with van der Waals surface area (Å²) in [5.41, 5.74) is 0.560. The van der Waals surface area contributed by atoms with Crippen LogP contribution in [0.1, 0.15) is 10.6 Å². The van der Waals surface area contributed by atoms with Crippen molar-refractivity contribution in [1.29, 1.82) is 0 Å². The zero-order valence-corrected chi connectivity index (χ0v) is 7.66. The first-order chi connectivity index (χ1) is 7.18. The van der Waals surface area contributed by atoms with Crippen LogP contribution in [0.3, 0.4) is 0 Å². The van der Waals surface area contributed by atoms with Crippen LogP contribution in [0.25, 0.3) is 5.69 Å². The monoisotopic (exact) mass is 204 g/mol. The van der Waals surface area contributed by atoms with Crippen LogP contribution in [0.4, 0.5) is 0 Å². The minimum Gasteiger partial charge on any atom is -0.508 e. The van der Waals surface area contributed by atoms with Gasteiger partial charge in [-0.25, -0.2) is 9.78 Å². The summed E-state index contributed by atoms with van der Waals surface area (Å²) in [6, 6.07) is 6.30. The largest absolute Gasteiger partial charge is 0.508 e. The van der Waals surface area contributed by atoms with Crippen LogP contribution in [0.2, 0.25) is 0 Å². The van der Waals surface area contributed by atoms with E-state index < -0.39 is 5.97 Å². The Labute approximate surface area is 85.2 Å². The van der Waals surface area contributed by atoms with Crippen LogP contribution < -0.4 is 0 Å². The van der Waals surface area contributed by atoms with Crippen molar-refractivity contribution in [3.8, 4) is 11.4 Å². The summed E-state index contributed by atoms with van der Waals surface area (Å²) in [7, 11) is 0. The molecule has 0 radical (unpaired) electrons. The van der Waals surface area contributed by atoms with Gasteiger partial charge in [-0.05, 0) is 12.1 Å². The predicted molar refractivity (Wildman–Crippen MR) is 52.2 cm³/mol. The van der Waals surface area contributed by atoms with Gasteiger partial charge in [0.25, 0.3) is 0 Å². The minimum atomic E-state index is -1.11. The second-order valence-corrected chi connectivity index (χ2v) is 2.95. The Hall–Kier alpha value is -2.30. The van der Waals surface area contributed by atoms with Gasteiger partial charge in [-0.1, -0.05) is 6.07 Å². The normalized spacial score (nSPS) is 10.1. The Morgan fingerprint density at radius 3 is 2.87 bits per heavy atom. The molecule has 1 heterocycles. The first kappa shape index (κ1) is 9.26. The Kier molecular flexibility index (Phi) is 2.13. The van der Waals surface area contributed by atoms with E-state index in [1.54, 1.807) is 12.1 Å². The molecule has 76 valence electrons. The summed E-state index contributed by atoms with van der Waals surface area (Å²) in [4.78, 5) is 14.5. The van der Waals surface area contributed by atoms with Crippen LogP contribution >= 0.6 is 0 Å². The number of carbonyl (C=O) groups is 1. The molecule has 15 heavy (non-hydrogen) atoms. The van der Waals surface area contributed by atoms with Crippen LogP contribution in [0.15, 0.2) is 36.7 Å². The van der Waals surface area contributed by atoms with E-state index in [0.29, 0.717) is 5.69 Å². The van der Waals surface area contributed by atoms with E-state index in [1.807, 2.05) is 0 Å². The fraction of sp³-hybridized carbons (Fsp3) is 0. The Morgan fingerprint density at radius 2 is 2.20 bits per heavy atom. The van der Waals surface area contributed by atoms with Gasteiger partial charge in [-0.2, -0.15) is 0 Å². The van der Waals surface area contributed by atoms with Gasteiger partial charge in [-0.3, -0.25) is 4.57 Å². The number of carboxylic acid groups (broad SMARTS) is 1. The maximum absolute atomic E-state index is 10.8. The van der Waals surface area contributed by atoms with Crippen molar-refractivity contribution in [3.05, 3.63) is 42.5 Å². The Morgan fingerprint density at radius 1 is 1.40 bits per heavy atom. The minimum absolute atomic E-state index is 0.0811. The second kappa shape index (κ2) is 3.45. The van der Waals surface area contributed by atoms with Gasteiger partial charge in [0.15, 0.2) is 0 Å². The van der Waals surface area contributed by atoms with E-state index in [2.05, 4.69) is 4.98 Å².